The molecule has 0 aromatic rings. The van der Waals surface area contributed by atoms with E-state index in [0.717, 1.165) is 18.5 Å². The molecule has 0 spiro atoms. The third-order valence-electron chi connectivity index (χ3n) is 6.30. The van der Waals surface area contributed by atoms with Crippen LogP contribution in [-0.4, -0.2) is 11.9 Å². The molecule has 146 valence electrons. The van der Waals surface area contributed by atoms with Gasteiger partial charge >= 0.3 is 0 Å². The molecular weight excluding hydrogens is 326 g/mol. The first-order chi connectivity index (χ1) is 12.5. The van der Waals surface area contributed by atoms with Gasteiger partial charge in [0.05, 0.1) is 0 Å². The van der Waals surface area contributed by atoms with Gasteiger partial charge in [0, 0.05) is 24.4 Å². The van der Waals surface area contributed by atoms with Gasteiger partial charge in [0.15, 0.2) is 0 Å². The number of hydrogen-bond acceptors (Lipinski definition) is 1. The van der Waals surface area contributed by atoms with E-state index < -0.39 is 0 Å². The largest absolute Gasteiger partial charge is 0.348 e. The van der Waals surface area contributed by atoms with Crippen molar-refractivity contribution in [3.05, 3.63) is 81.8 Å². The van der Waals surface area contributed by atoms with Crippen LogP contribution in [0, 0.1) is 11.8 Å². The maximum absolute atomic E-state index is 4.46. The molecule has 0 saturated carbocycles. The van der Waals surface area contributed by atoms with Crippen molar-refractivity contribution in [1.29, 1.82) is 0 Å². The van der Waals surface area contributed by atoms with Crippen LogP contribution in [0.1, 0.15) is 61.3 Å². The molecule has 0 fully saturated rings. The molecule has 1 nitrogen and oxygen atoms in total. The van der Waals surface area contributed by atoms with Crippen LogP contribution in [0.4, 0.5) is 0 Å². The first-order valence-electron chi connectivity index (χ1n) is 10.1. The normalized spacial score (nSPS) is 20.7. The molecule has 0 aromatic carbocycles. The van der Waals surface area contributed by atoms with E-state index in [1.807, 2.05) is 0 Å². The third-order valence-corrected chi connectivity index (χ3v) is 6.30. The highest BCUT2D eigenvalue weighted by molar-refractivity contribution is 5.63. The lowest BCUT2D eigenvalue weighted by molar-refractivity contribution is 0.455. The maximum Gasteiger partial charge on any atom is 0.0467 e. The molecule has 1 atom stereocenters. The zero-order chi connectivity index (χ0) is 20.6. The van der Waals surface area contributed by atoms with E-state index in [-0.39, 0.29) is 0 Å². The molecule has 27 heavy (non-hydrogen) atoms. The maximum atomic E-state index is 4.46. The summed E-state index contributed by atoms with van der Waals surface area (Å²) in [6, 6.07) is 0. The zero-order valence-electron chi connectivity index (χ0n) is 18.7. The lowest BCUT2D eigenvalue weighted by atomic mass is 9.78. The van der Waals surface area contributed by atoms with E-state index in [4.69, 9.17) is 0 Å². The summed E-state index contributed by atoms with van der Waals surface area (Å²) in [6.07, 6.45) is 4.33. The molecule has 0 saturated heterocycles. The van der Waals surface area contributed by atoms with Crippen LogP contribution in [0.2, 0.25) is 0 Å². The minimum atomic E-state index is 0.410. The summed E-state index contributed by atoms with van der Waals surface area (Å²) in [5, 5.41) is 0. The van der Waals surface area contributed by atoms with Crippen molar-refractivity contribution in [3.63, 3.8) is 0 Å². The van der Waals surface area contributed by atoms with Gasteiger partial charge < -0.3 is 4.90 Å². The Morgan fingerprint density at radius 2 is 1.81 bits per heavy atom. The van der Waals surface area contributed by atoms with E-state index in [1.165, 1.54) is 50.3 Å². The Hall–Kier alpha value is -2.02. The number of likely N-dealkylation sites (N-methyl/N-ethyl adjacent to an activating group) is 1. The lowest BCUT2D eigenvalue weighted by Gasteiger charge is -2.35. The molecule has 2 aliphatic rings. The summed E-state index contributed by atoms with van der Waals surface area (Å²) < 4.78 is 0. The van der Waals surface area contributed by atoms with Gasteiger partial charge in [0.25, 0.3) is 0 Å². The van der Waals surface area contributed by atoms with Gasteiger partial charge in [0.2, 0.25) is 0 Å². The zero-order valence-corrected chi connectivity index (χ0v) is 18.7. The van der Waals surface area contributed by atoms with Gasteiger partial charge in [-0.25, -0.2) is 0 Å². The average molecular weight is 364 g/mol. The van der Waals surface area contributed by atoms with Crippen molar-refractivity contribution in [2.24, 2.45) is 11.8 Å². The van der Waals surface area contributed by atoms with E-state index in [2.05, 4.69) is 86.2 Å². The lowest BCUT2D eigenvalue weighted by Crippen LogP contribution is -2.25. The SMILES string of the molecule is C=C(C)C1=CC(CC)=C(C2=C(C)C(C)=C(N(C)C(=C)C(C)C)C(=C)C2)C1C. The summed E-state index contributed by atoms with van der Waals surface area (Å²) in [7, 11) is 2.13. The van der Waals surface area contributed by atoms with Crippen molar-refractivity contribution >= 4 is 0 Å². The van der Waals surface area contributed by atoms with E-state index >= 15 is 0 Å². The first kappa shape index (κ1) is 21.3. The van der Waals surface area contributed by atoms with E-state index in [0.29, 0.717) is 11.8 Å². The first-order valence-corrected chi connectivity index (χ1v) is 10.1. The van der Waals surface area contributed by atoms with Crippen LogP contribution in [-0.2, 0) is 0 Å². The van der Waals surface area contributed by atoms with Gasteiger partial charge in [-0.15, -0.1) is 0 Å². The monoisotopic (exact) mass is 363 g/mol. The Morgan fingerprint density at radius 3 is 2.30 bits per heavy atom. The molecule has 0 amide bonds. The molecular formula is C26H37N. The summed E-state index contributed by atoms with van der Waals surface area (Å²) in [6.45, 7) is 28.5. The van der Waals surface area contributed by atoms with Crippen LogP contribution in [0.15, 0.2) is 81.8 Å². The predicted molar refractivity (Wildman–Crippen MR) is 120 cm³/mol. The fraction of sp³-hybridized carbons (Fsp3) is 0.462. The molecule has 0 aromatic heterocycles. The summed E-state index contributed by atoms with van der Waals surface area (Å²) in [5.74, 6) is 0.827. The minimum Gasteiger partial charge on any atom is -0.348 e. The van der Waals surface area contributed by atoms with E-state index in [1.54, 1.807) is 0 Å². The predicted octanol–water partition coefficient (Wildman–Crippen LogP) is 7.50. The smallest absolute Gasteiger partial charge is 0.0467 e. The van der Waals surface area contributed by atoms with Crippen molar-refractivity contribution in [2.75, 3.05) is 7.05 Å². The Balaban J connectivity index is 2.56. The molecule has 2 aliphatic carbocycles. The van der Waals surface area contributed by atoms with Gasteiger partial charge in [-0.1, -0.05) is 59.1 Å². The van der Waals surface area contributed by atoms with Crippen molar-refractivity contribution < 1.29 is 0 Å². The minimum absolute atomic E-state index is 0.410. The second-order valence-electron chi connectivity index (χ2n) is 8.46. The number of rotatable bonds is 6. The highest BCUT2D eigenvalue weighted by Crippen LogP contribution is 2.47. The van der Waals surface area contributed by atoms with Crippen LogP contribution < -0.4 is 0 Å². The number of allylic oxidation sites excluding steroid dienone is 10. The van der Waals surface area contributed by atoms with Gasteiger partial charge in [0.1, 0.15) is 0 Å². The van der Waals surface area contributed by atoms with Crippen LogP contribution >= 0.6 is 0 Å². The number of hydrogen-bond donors (Lipinski definition) is 0. The van der Waals surface area contributed by atoms with Crippen molar-refractivity contribution in [2.45, 2.75) is 61.3 Å². The van der Waals surface area contributed by atoms with Gasteiger partial charge in [-0.05, 0) is 78.5 Å². The van der Waals surface area contributed by atoms with Gasteiger partial charge in [-0.3, -0.25) is 0 Å². The Labute approximate surface area is 167 Å². The molecule has 0 radical (unpaired) electrons. The van der Waals surface area contributed by atoms with Crippen molar-refractivity contribution in [1.82, 2.24) is 4.90 Å². The van der Waals surface area contributed by atoms with Crippen LogP contribution in [0.5, 0.6) is 0 Å². The summed E-state index contributed by atoms with van der Waals surface area (Å²) in [4.78, 5) is 2.24. The van der Waals surface area contributed by atoms with Crippen molar-refractivity contribution in [3.8, 4) is 0 Å². The fourth-order valence-corrected chi connectivity index (χ4v) is 4.48. The quantitative estimate of drug-likeness (QED) is 0.472. The Morgan fingerprint density at radius 1 is 1.22 bits per heavy atom. The van der Waals surface area contributed by atoms with Crippen LogP contribution in [0.3, 0.4) is 0 Å². The molecule has 0 aliphatic heterocycles. The van der Waals surface area contributed by atoms with Crippen LogP contribution in [0.25, 0.3) is 0 Å². The second-order valence-corrected chi connectivity index (χ2v) is 8.46. The second kappa shape index (κ2) is 7.92. The fourth-order valence-electron chi connectivity index (χ4n) is 4.48. The molecule has 1 heteroatoms. The van der Waals surface area contributed by atoms with Gasteiger partial charge in [-0.2, -0.15) is 0 Å². The molecule has 2 rings (SSSR count). The Kier molecular flexibility index (Phi) is 6.24. The summed E-state index contributed by atoms with van der Waals surface area (Å²) >= 11 is 0. The molecule has 0 N–H and O–H groups in total. The molecule has 0 heterocycles. The molecule has 1 unspecified atom stereocenters. The van der Waals surface area contributed by atoms with E-state index in [9.17, 15) is 0 Å². The third kappa shape index (κ3) is 3.70. The average Bonchev–Trinajstić information content (AvgIpc) is 2.93. The highest BCUT2D eigenvalue weighted by Gasteiger charge is 2.31. The standard InChI is InChI=1S/C26H37N/c1-12-22-14-23(16(4)5)20(9)25(22)24-13-17(6)26(19(8)18(24)7)27(11)21(10)15(2)3/h14-15,20H,4,6,10,12-13H2,1-3,5,7-9,11H3. The highest BCUT2D eigenvalue weighted by atomic mass is 15.1. The number of nitrogens with zero attached hydrogens (tertiary/aromatic N) is 1. The molecule has 0 bridgehead atoms. The Bertz CT molecular complexity index is 820. The topological polar surface area (TPSA) is 3.24 Å². The summed E-state index contributed by atoms with van der Waals surface area (Å²) in [5.41, 5.74) is 13.3.